The van der Waals surface area contributed by atoms with Crippen molar-refractivity contribution in [1.82, 2.24) is 9.88 Å². The van der Waals surface area contributed by atoms with Crippen molar-refractivity contribution >= 4 is 15.9 Å². The van der Waals surface area contributed by atoms with Crippen LogP contribution in [0, 0.1) is 5.92 Å². The lowest BCUT2D eigenvalue weighted by molar-refractivity contribution is 0.0945. The molecule has 1 heterocycles. The maximum atomic E-state index is 12.1. The number of nitrogens with zero attached hydrogens (tertiary/aromatic N) is 1. The Kier molecular flexibility index (Phi) is 5.05. The number of carbonyl (C=O) groups excluding carboxylic acids is 1. The lowest BCUT2D eigenvalue weighted by Crippen LogP contribution is -2.26. The first-order chi connectivity index (χ1) is 9.91. The number of rotatable bonds is 5. The zero-order valence-electron chi connectivity index (χ0n) is 12.3. The molecule has 1 amide bonds. The fourth-order valence-corrected chi connectivity index (χ4v) is 3.43. The van der Waals surface area contributed by atoms with Gasteiger partial charge >= 0.3 is 0 Å². The molecule has 1 fully saturated rings. The molecule has 0 bridgehead atoms. The minimum absolute atomic E-state index is 0.000405. The first-order valence-corrected chi connectivity index (χ1v) is 8.97. The Labute approximate surface area is 125 Å². The monoisotopic (exact) mass is 313 g/mol. The number of sulfonamides is 1. The molecule has 0 unspecified atom stereocenters. The lowest BCUT2D eigenvalue weighted by Gasteiger charge is -2.22. The number of primary sulfonamides is 1. The van der Waals surface area contributed by atoms with Gasteiger partial charge in [-0.3, -0.25) is 4.79 Å². The molecule has 0 aliphatic heterocycles. The van der Waals surface area contributed by atoms with Crippen molar-refractivity contribution in [3.8, 4) is 0 Å². The molecule has 7 heteroatoms. The standard InChI is InChI=1S/C14H23N3O3S/c1-2-16-14(18)13-8-12(21(15,19)20)10-17(13)9-11-6-4-3-5-7-11/h8,10-11H,2-7,9H2,1H3,(H,16,18)(H2,15,19,20). The topological polar surface area (TPSA) is 94.2 Å². The molecule has 0 aromatic carbocycles. The average Bonchev–Trinajstić information content (AvgIpc) is 2.84. The Morgan fingerprint density at radius 3 is 2.62 bits per heavy atom. The van der Waals surface area contributed by atoms with Crippen LogP contribution in [0.15, 0.2) is 17.2 Å². The summed E-state index contributed by atoms with van der Waals surface area (Å²) in [5, 5.41) is 7.88. The second kappa shape index (κ2) is 6.62. The first kappa shape index (κ1) is 16.0. The Bertz CT molecular complexity index is 601. The molecule has 1 saturated carbocycles. The van der Waals surface area contributed by atoms with Gasteiger partial charge in [-0.25, -0.2) is 13.6 Å². The van der Waals surface area contributed by atoms with Gasteiger partial charge in [0.25, 0.3) is 5.91 Å². The third kappa shape index (κ3) is 4.07. The third-order valence-electron chi connectivity index (χ3n) is 3.95. The summed E-state index contributed by atoms with van der Waals surface area (Å²) < 4.78 is 24.7. The predicted molar refractivity (Wildman–Crippen MR) is 80.4 cm³/mol. The van der Waals surface area contributed by atoms with E-state index in [4.69, 9.17) is 5.14 Å². The Morgan fingerprint density at radius 1 is 1.38 bits per heavy atom. The number of nitrogens with two attached hydrogens (primary N) is 1. The smallest absolute Gasteiger partial charge is 0.267 e. The number of nitrogens with one attached hydrogen (secondary N) is 1. The molecule has 3 N–H and O–H groups in total. The van der Waals surface area contributed by atoms with E-state index in [1.165, 1.54) is 31.5 Å². The highest BCUT2D eigenvalue weighted by molar-refractivity contribution is 7.89. The van der Waals surface area contributed by atoms with Crippen LogP contribution in [0.25, 0.3) is 0 Å². The normalized spacial score (nSPS) is 16.9. The maximum absolute atomic E-state index is 12.1. The van der Waals surface area contributed by atoms with Crippen molar-refractivity contribution in [2.24, 2.45) is 11.1 Å². The van der Waals surface area contributed by atoms with Crippen LogP contribution in [0.5, 0.6) is 0 Å². The molecule has 6 nitrogen and oxygen atoms in total. The van der Waals surface area contributed by atoms with Crippen LogP contribution in [0.1, 0.15) is 49.5 Å². The first-order valence-electron chi connectivity index (χ1n) is 7.43. The molecular weight excluding hydrogens is 290 g/mol. The molecule has 1 aliphatic carbocycles. The van der Waals surface area contributed by atoms with Crippen LogP contribution in [0.3, 0.4) is 0 Å². The van der Waals surface area contributed by atoms with Gasteiger partial charge in [0, 0.05) is 19.3 Å². The number of aromatic nitrogens is 1. The summed E-state index contributed by atoms with van der Waals surface area (Å²) in [4.78, 5) is 12.1. The van der Waals surface area contributed by atoms with Gasteiger partial charge in [-0.15, -0.1) is 0 Å². The number of carbonyl (C=O) groups is 1. The second-order valence-electron chi connectivity index (χ2n) is 5.62. The highest BCUT2D eigenvalue weighted by Crippen LogP contribution is 2.26. The minimum atomic E-state index is -3.79. The molecule has 1 aromatic rings. The van der Waals surface area contributed by atoms with E-state index in [9.17, 15) is 13.2 Å². The SMILES string of the molecule is CCNC(=O)c1cc(S(N)(=O)=O)cn1CC1CCCCC1. The van der Waals surface area contributed by atoms with Crippen LogP contribution in [0.2, 0.25) is 0 Å². The van der Waals surface area contributed by atoms with Gasteiger partial charge in [0.1, 0.15) is 10.6 Å². The van der Waals surface area contributed by atoms with E-state index in [1.807, 2.05) is 6.92 Å². The van der Waals surface area contributed by atoms with E-state index in [1.54, 1.807) is 4.57 Å². The number of hydrogen-bond acceptors (Lipinski definition) is 3. The molecular formula is C14H23N3O3S. The fraction of sp³-hybridized carbons (Fsp3) is 0.643. The molecule has 0 spiro atoms. The van der Waals surface area contributed by atoms with Crippen molar-refractivity contribution in [2.75, 3.05) is 6.54 Å². The zero-order chi connectivity index (χ0) is 15.5. The van der Waals surface area contributed by atoms with Gasteiger partial charge in [0.15, 0.2) is 0 Å². The lowest BCUT2D eigenvalue weighted by atomic mass is 9.89. The summed E-state index contributed by atoms with van der Waals surface area (Å²) in [6, 6.07) is 1.36. The van der Waals surface area contributed by atoms with Crippen molar-refractivity contribution in [3.63, 3.8) is 0 Å². The van der Waals surface area contributed by atoms with Gasteiger partial charge < -0.3 is 9.88 Å². The Morgan fingerprint density at radius 2 is 2.05 bits per heavy atom. The van der Waals surface area contributed by atoms with Gasteiger partial charge in [-0.2, -0.15) is 0 Å². The summed E-state index contributed by atoms with van der Waals surface area (Å²) in [5.41, 5.74) is 0.367. The quantitative estimate of drug-likeness (QED) is 0.861. The fourth-order valence-electron chi connectivity index (χ4n) is 2.88. The van der Waals surface area contributed by atoms with E-state index in [-0.39, 0.29) is 10.8 Å². The van der Waals surface area contributed by atoms with Crippen molar-refractivity contribution in [3.05, 3.63) is 18.0 Å². The van der Waals surface area contributed by atoms with E-state index in [2.05, 4.69) is 5.32 Å². The Balaban J connectivity index is 2.27. The predicted octanol–water partition coefficient (Wildman–Crippen LogP) is 1.47. The summed E-state index contributed by atoms with van der Waals surface area (Å²) in [5.74, 6) is 0.232. The summed E-state index contributed by atoms with van der Waals surface area (Å²) >= 11 is 0. The van der Waals surface area contributed by atoms with Crippen molar-refractivity contribution < 1.29 is 13.2 Å². The van der Waals surface area contributed by atoms with E-state index < -0.39 is 10.0 Å². The van der Waals surface area contributed by atoms with Gasteiger partial charge in [-0.1, -0.05) is 19.3 Å². The molecule has 0 atom stereocenters. The third-order valence-corrected chi connectivity index (χ3v) is 4.83. The zero-order valence-corrected chi connectivity index (χ0v) is 13.2. The molecule has 0 saturated heterocycles. The molecule has 1 aliphatic rings. The largest absolute Gasteiger partial charge is 0.351 e. The van der Waals surface area contributed by atoms with Crippen LogP contribution in [-0.2, 0) is 16.6 Å². The van der Waals surface area contributed by atoms with Crippen molar-refractivity contribution in [2.45, 2.75) is 50.5 Å². The summed E-state index contributed by atoms with van der Waals surface area (Å²) in [6.45, 7) is 2.99. The minimum Gasteiger partial charge on any atom is -0.351 e. The van der Waals surface area contributed by atoms with Gasteiger partial charge in [0.05, 0.1) is 0 Å². The van der Waals surface area contributed by atoms with Crippen LogP contribution >= 0.6 is 0 Å². The summed E-state index contributed by atoms with van der Waals surface area (Å²) in [7, 11) is -3.79. The van der Waals surface area contributed by atoms with E-state index in [0.717, 1.165) is 12.8 Å². The molecule has 0 radical (unpaired) electrons. The highest BCUT2D eigenvalue weighted by atomic mass is 32.2. The number of amides is 1. The molecule has 21 heavy (non-hydrogen) atoms. The number of hydrogen-bond donors (Lipinski definition) is 2. The van der Waals surface area contributed by atoms with Crippen LogP contribution in [0.4, 0.5) is 0 Å². The van der Waals surface area contributed by atoms with Crippen LogP contribution in [-0.4, -0.2) is 25.4 Å². The average molecular weight is 313 g/mol. The van der Waals surface area contributed by atoms with E-state index in [0.29, 0.717) is 24.7 Å². The second-order valence-corrected chi connectivity index (χ2v) is 7.18. The molecule has 118 valence electrons. The highest BCUT2D eigenvalue weighted by Gasteiger charge is 2.21. The van der Waals surface area contributed by atoms with Gasteiger partial charge in [-0.05, 0) is 31.7 Å². The van der Waals surface area contributed by atoms with Gasteiger partial charge in [0.2, 0.25) is 10.0 Å². The summed E-state index contributed by atoms with van der Waals surface area (Å²) in [6.07, 6.45) is 7.38. The van der Waals surface area contributed by atoms with E-state index >= 15 is 0 Å². The van der Waals surface area contributed by atoms with Crippen molar-refractivity contribution in [1.29, 1.82) is 0 Å². The van der Waals surface area contributed by atoms with Crippen LogP contribution < -0.4 is 10.5 Å². The molecule has 1 aromatic heterocycles. The Hall–Kier alpha value is -1.34. The molecule has 2 rings (SSSR count). The maximum Gasteiger partial charge on any atom is 0.267 e.